The van der Waals surface area contributed by atoms with Crippen molar-refractivity contribution >= 4 is 37.6 Å². The molecule has 1 aliphatic heterocycles. The number of pyridine rings is 1. The van der Waals surface area contributed by atoms with Gasteiger partial charge in [0, 0.05) is 36.2 Å². The van der Waals surface area contributed by atoms with E-state index in [4.69, 9.17) is 14.7 Å². The summed E-state index contributed by atoms with van der Waals surface area (Å²) in [4.78, 5) is 17.9. The summed E-state index contributed by atoms with van der Waals surface area (Å²) in [6.45, 7) is 15.7. The summed E-state index contributed by atoms with van der Waals surface area (Å²) >= 11 is 1.74. The Balaban J connectivity index is 2.04. The van der Waals surface area contributed by atoms with Crippen LogP contribution in [0.25, 0.3) is 20.4 Å². The number of hydrogen-bond donors (Lipinski definition) is 0. The second-order valence-corrected chi connectivity index (χ2v) is 9.67. The molecule has 0 aromatic carbocycles. The molecular formula is C22H30N4OS. The number of nitrogens with zero attached hydrogens (tertiary/aromatic N) is 4. The van der Waals surface area contributed by atoms with Crippen molar-refractivity contribution in [3.63, 3.8) is 0 Å². The first-order valence-corrected chi connectivity index (χ1v) is 11.1. The molecule has 0 bridgehead atoms. The maximum Gasteiger partial charge on any atom is 0.150 e. The summed E-state index contributed by atoms with van der Waals surface area (Å²) in [5.41, 5.74) is 4.74. The SMILES string of the molecule is CCN(CC)c1ncnc2c1sc1nc(CC(C)C)c3c(c12)CC(C)(C)OC3. The van der Waals surface area contributed by atoms with Crippen molar-refractivity contribution in [1.82, 2.24) is 15.0 Å². The summed E-state index contributed by atoms with van der Waals surface area (Å²) in [6.07, 6.45) is 3.58. The minimum atomic E-state index is -0.167. The van der Waals surface area contributed by atoms with E-state index in [9.17, 15) is 0 Å². The van der Waals surface area contributed by atoms with Gasteiger partial charge >= 0.3 is 0 Å². The molecule has 0 saturated heterocycles. The van der Waals surface area contributed by atoms with Crippen LogP contribution in [-0.2, 0) is 24.2 Å². The Morgan fingerprint density at radius 1 is 1.18 bits per heavy atom. The second kappa shape index (κ2) is 7.23. The zero-order valence-corrected chi connectivity index (χ0v) is 18.6. The van der Waals surface area contributed by atoms with Crippen molar-refractivity contribution in [2.24, 2.45) is 5.92 Å². The van der Waals surface area contributed by atoms with Crippen molar-refractivity contribution in [3.8, 4) is 0 Å². The van der Waals surface area contributed by atoms with E-state index in [1.807, 2.05) is 0 Å². The molecule has 0 amide bonds. The molecule has 6 heteroatoms. The fourth-order valence-electron chi connectivity index (χ4n) is 4.17. The first-order valence-electron chi connectivity index (χ1n) is 10.3. The van der Waals surface area contributed by atoms with Gasteiger partial charge in [-0.1, -0.05) is 13.8 Å². The lowest BCUT2D eigenvalue weighted by atomic mass is 9.88. The minimum absolute atomic E-state index is 0.167. The molecule has 3 aromatic rings. The highest BCUT2D eigenvalue weighted by Crippen LogP contribution is 2.43. The van der Waals surface area contributed by atoms with Gasteiger partial charge in [0.15, 0.2) is 0 Å². The first kappa shape index (κ1) is 19.5. The van der Waals surface area contributed by atoms with E-state index in [0.29, 0.717) is 12.5 Å². The molecule has 0 radical (unpaired) electrons. The number of anilines is 1. The normalized spacial score (nSPS) is 16.1. The Kier molecular flexibility index (Phi) is 5.04. The fraction of sp³-hybridized carbons (Fsp3) is 0.591. The van der Waals surface area contributed by atoms with Gasteiger partial charge in [-0.2, -0.15) is 0 Å². The number of ether oxygens (including phenoxy) is 1. The van der Waals surface area contributed by atoms with E-state index in [2.05, 4.69) is 51.4 Å². The van der Waals surface area contributed by atoms with Crippen LogP contribution in [-0.4, -0.2) is 33.6 Å². The number of rotatable bonds is 5. The quantitative estimate of drug-likeness (QED) is 0.596. The van der Waals surface area contributed by atoms with Gasteiger partial charge in [0.05, 0.1) is 22.4 Å². The molecule has 0 spiro atoms. The van der Waals surface area contributed by atoms with Crippen LogP contribution in [0.3, 0.4) is 0 Å². The second-order valence-electron chi connectivity index (χ2n) is 8.67. The van der Waals surface area contributed by atoms with E-state index < -0.39 is 0 Å². The van der Waals surface area contributed by atoms with Crippen LogP contribution in [0.15, 0.2) is 6.33 Å². The van der Waals surface area contributed by atoms with Gasteiger partial charge in [0.2, 0.25) is 0 Å². The molecule has 1 aliphatic rings. The van der Waals surface area contributed by atoms with Crippen LogP contribution in [0.4, 0.5) is 5.82 Å². The minimum Gasteiger partial charge on any atom is -0.370 e. The lowest BCUT2D eigenvalue weighted by Gasteiger charge is -2.33. The Morgan fingerprint density at radius 2 is 1.93 bits per heavy atom. The molecule has 4 rings (SSSR count). The first-order chi connectivity index (χ1) is 13.3. The van der Waals surface area contributed by atoms with Crippen LogP contribution in [0.5, 0.6) is 0 Å². The standard InChI is InChI=1S/C22H30N4OS/c1-7-26(8-2)20-19-18(23-12-24-20)17-14-10-22(5,6)27-11-15(14)16(9-13(3)4)25-21(17)28-19/h12-13H,7-11H2,1-6H3. The van der Waals surface area contributed by atoms with Crippen molar-refractivity contribution in [2.75, 3.05) is 18.0 Å². The maximum absolute atomic E-state index is 6.17. The molecule has 3 aromatic heterocycles. The van der Waals surface area contributed by atoms with E-state index in [1.54, 1.807) is 17.7 Å². The molecule has 0 atom stereocenters. The van der Waals surface area contributed by atoms with Gasteiger partial charge in [-0.15, -0.1) is 11.3 Å². The number of thiophene rings is 1. The summed E-state index contributed by atoms with van der Waals surface area (Å²) in [6, 6.07) is 0. The molecule has 0 fully saturated rings. The zero-order chi connectivity index (χ0) is 20.1. The van der Waals surface area contributed by atoms with Gasteiger partial charge in [-0.3, -0.25) is 0 Å². The van der Waals surface area contributed by atoms with Gasteiger partial charge in [-0.05, 0) is 45.6 Å². The highest BCUT2D eigenvalue weighted by Gasteiger charge is 2.32. The lowest BCUT2D eigenvalue weighted by molar-refractivity contribution is -0.0402. The van der Waals surface area contributed by atoms with E-state index >= 15 is 0 Å². The highest BCUT2D eigenvalue weighted by molar-refractivity contribution is 7.26. The lowest BCUT2D eigenvalue weighted by Crippen LogP contribution is -2.33. The van der Waals surface area contributed by atoms with Gasteiger partial charge < -0.3 is 9.64 Å². The molecule has 150 valence electrons. The number of fused-ring (bicyclic) bond motifs is 5. The monoisotopic (exact) mass is 398 g/mol. The van der Waals surface area contributed by atoms with Crippen LogP contribution >= 0.6 is 11.3 Å². The Morgan fingerprint density at radius 3 is 2.61 bits per heavy atom. The number of hydrogen-bond acceptors (Lipinski definition) is 6. The highest BCUT2D eigenvalue weighted by atomic mass is 32.1. The molecule has 0 aliphatic carbocycles. The third kappa shape index (κ3) is 3.26. The molecule has 0 saturated carbocycles. The summed E-state index contributed by atoms with van der Waals surface area (Å²) in [7, 11) is 0. The Hall–Kier alpha value is -1.79. The molecule has 28 heavy (non-hydrogen) atoms. The Labute approximate surface area is 171 Å². The number of aromatic nitrogens is 3. The molecule has 5 nitrogen and oxygen atoms in total. The molecular weight excluding hydrogens is 368 g/mol. The summed E-state index contributed by atoms with van der Waals surface area (Å²) in [5.74, 6) is 1.59. The summed E-state index contributed by atoms with van der Waals surface area (Å²) in [5, 5.41) is 1.22. The summed E-state index contributed by atoms with van der Waals surface area (Å²) < 4.78 is 7.33. The van der Waals surface area contributed by atoms with Crippen molar-refractivity contribution < 1.29 is 4.74 Å². The van der Waals surface area contributed by atoms with E-state index in [-0.39, 0.29) is 5.60 Å². The average Bonchev–Trinajstić information content (AvgIpc) is 3.00. The van der Waals surface area contributed by atoms with E-state index in [1.165, 1.54) is 22.2 Å². The maximum atomic E-state index is 6.17. The topological polar surface area (TPSA) is 51.1 Å². The van der Waals surface area contributed by atoms with Crippen LogP contribution in [0, 0.1) is 5.92 Å². The smallest absolute Gasteiger partial charge is 0.150 e. The van der Waals surface area contributed by atoms with Gasteiger partial charge in [0.25, 0.3) is 0 Å². The zero-order valence-electron chi connectivity index (χ0n) is 17.8. The van der Waals surface area contributed by atoms with Gasteiger partial charge in [-0.25, -0.2) is 15.0 Å². The third-order valence-corrected chi connectivity index (χ3v) is 6.63. The molecule has 0 unspecified atom stereocenters. The predicted octanol–water partition coefficient (Wildman–Crippen LogP) is 5.14. The average molecular weight is 399 g/mol. The Bertz CT molecular complexity index is 1020. The van der Waals surface area contributed by atoms with Crippen LogP contribution < -0.4 is 4.90 Å². The van der Waals surface area contributed by atoms with E-state index in [0.717, 1.165) is 46.8 Å². The van der Waals surface area contributed by atoms with Crippen LogP contribution in [0.2, 0.25) is 0 Å². The molecule has 4 heterocycles. The van der Waals surface area contributed by atoms with Crippen molar-refractivity contribution in [3.05, 3.63) is 23.1 Å². The fourth-order valence-corrected chi connectivity index (χ4v) is 5.36. The van der Waals surface area contributed by atoms with Crippen molar-refractivity contribution in [2.45, 2.75) is 66.6 Å². The largest absolute Gasteiger partial charge is 0.370 e. The van der Waals surface area contributed by atoms with Crippen molar-refractivity contribution in [1.29, 1.82) is 0 Å². The van der Waals surface area contributed by atoms with Crippen LogP contribution in [0.1, 0.15) is 58.4 Å². The third-order valence-electron chi connectivity index (χ3n) is 5.56. The predicted molar refractivity (Wildman–Crippen MR) is 117 cm³/mol. The van der Waals surface area contributed by atoms with Gasteiger partial charge in [0.1, 0.15) is 17.0 Å². The molecule has 0 N–H and O–H groups in total.